The van der Waals surface area contributed by atoms with E-state index in [0.717, 1.165) is 18.2 Å². The van der Waals surface area contributed by atoms with Gasteiger partial charge in [0.1, 0.15) is 5.82 Å². The predicted molar refractivity (Wildman–Crippen MR) is 65.0 cm³/mol. The summed E-state index contributed by atoms with van der Waals surface area (Å²) in [5, 5.41) is 7.78. The standard InChI is InChI=1S/C10H11FN4O3S/c1-10(2,9(16)14-15-12)7-4-3-6(5-8(7)11)19(13,17)18/h3-5H,1-2H3,(H2,13,17,18). The highest BCUT2D eigenvalue weighted by molar-refractivity contribution is 7.89. The molecule has 1 amide bonds. The number of carbonyl (C=O) groups excluding carboxylic acids is 1. The number of rotatable bonds is 3. The molecule has 0 saturated heterocycles. The Morgan fingerprint density at radius 3 is 2.47 bits per heavy atom. The molecule has 0 atom stereocenters. The van der Waals surface area contributed by atoms with Crippen LogP contribution in [0.2, 0.25) is 0 Å². The lowest BCUT2D eigenvalue weighted by molar-refractivity contribution is -0.122. The zero-order chi connectivity index (χ0) is 14.8. The number of benzene rings is 1. The topological polar surface area (TPSA) is 126 Å². The van der Waals surface area contributed by atoms with Crippen LogP contribution in [-0.4, -0.2) is 14.3 Å². The van der Waals surface area contributed by atoms with Gasteiger partial charge in [-0.25, -0.2) is 17.9 Å². The van der Waals surface area contributed by atoms with Gasteiger partial charge < -0.3 is 0 Å². The Balaban J connectivity index is 3.38. The number of nitrogens with zero attached hydrogens (tertiary/aromatic N) is 3. The number of azide groups is 1. The fraction of sp³-hybridized carbons (Fsp3) is 0.300. The summed E-state index contributed by atoms with van der Waals surface area (Å²) < 4.78 is 36.0. The van der Waals surface area contributed by atoms with Crippen LogP contribution in [0.15, 0.2) is 28.2 Å². The van der Waals surface area contributed by atoms with Crippen molar-refractivity contribution in [1.29, 1.82) is 0 Å². The molecule has 0 aromatic heterocycles. The first-order valence-electron chi connectivity index (χ1n) is 5.03. The van der Waals surface area contributed by atoms with E-state index in [1.54, 1.807) is 0 Å². The Morgan fingerprint density at radius 1 is 1.47 bits per heavy atom. The van der Waals surface area contributed by atoms with E-state index >= 15 is 0 Å². The highest BCUT2D eigenvalue weighted by Gasteiger charge is 2.32. The summed E-state index contributed by atoms with van der Waals surface area (Å²) in [6.07, 6.45) is 0. The third-order valence-electron chi connectivity index (χ3n) is 2.61. The third kappa shape index (κ3) is 3.08. The molecule has 0 spiro atoms. The summed E-state index contributed by atoms with van der Waals surface area (Å²) in [7, 11) is -4.02. The van der Waals surface area contributed by atoms with Crippen LogP contribution in [0.5, 0.6) is 0 Å². The molecule has 0 fully saturated rings. The molecule has 19 heavy (non-hydrogen) atoms. The van der Waals surface area contributed by atoms with E-state index in [1.165, 1.54) is 13.8 Å². The van der Waals surface area contributed by atoms with Gasteiger partial charge in [-0.15, -0.1) is 0 Å². The van der Waals surface area contributed by atoms with Crippen LogP contribution < -0.4 is 5.14 Å². The average Bonchev–Trinajstić information content (AvgIpc) is 2.27. The van der Waals surface area contributed by atoms with Crippen molar-refractivity contribution >= 4 is 15.9 Å². The number of sulfonamides is 1. The maximum Gasteiger partial charge on any atom is 0.238 e. The van der Waals surface area contributed by atoms with E-state index in [0.29, 0.717) is 0 Å². The van der Waals surface area contributed by atoms with E-state index in [2.05, 4.69) is 10.0 Å². The third-order valence-corrected chi connectivity index (χ3v) is 3.52. The minimum atomic E-state index is -4.02. The van der Waals surface area contributed by atoms with E-state index in [9.17, 15) is 17.6 Å². The first-order chi connectivity index (χ1) is 8.60. The van der Waals surface area contributed by atoms with Crippen molar-refractivity contribution in [2.45, 2.75) is 24.2 Å². The molecule has 0 radical (unpaired) electrons. The first kappa shape index (κ1) is 15.1. The monoisotopic (exact) mass is 286 g/mol. The lowest BCUT2D eigenvalue weighted by Gasteiger charge is -2.21. The van der Waals surface area contributed by atoms with E-state index in [-0.39, 0.29) is 5.56 Å². The fourth-order valence-electron chi connectivity index (χ4n) is 1.46. The van der Waals surface area contributed by atoms with Crippen molar-refractivity contribution in [1.82, 2.24) is 0 Å². The SMILES string of the molecule is CC(C)(C(=O)N=[N+]=[N-])c1ccc(S(N)(=O)=O)cc1F. The lowest BCUT2D eigenvalue weighted by Crippen LogP contribution is -2.28. The Hall–Kier alpha value is -1.96. The molecule has 0 bridgehead atoms. The second-order valence-electron chi connectivity index (χ2n) is 4.31. The summed E-state index contributed by atoms with van der Waals surface area (Å²) in [5.74, 6) is -1.80. The van der Waals surface area contributed by atoms with Crippen LogP contribution in [0.3, 0.4) is 0 Å². The molecule has 0 saturated carbocycles. The number of halogens is 1. The smallest absolute Gasteiger partial charge is 0.238 e. The fourth-order valence-corrected chi connectivity index (χ4v) is 1.99. The summed E-state index contributed by atoms with van der Waals surface area (Å²) in [4.78, 5) is 13.5. The summed E-state index contributed by atoms with van der Waals surface area (Å²) in [6.45, 7) is 2.72. The number of primary sulfonamides is 1. The quantitative estimate of drug-likeness (QED) is 0.515. The van der Waals surface area contributed by atoms with Crippen molar-refractivity contribution < 1.29 is 17.6 Å². The average molecular weight is 286 g/mol. The zero-order valence-electron chi connectivity index (χ0n) is 10.2. The van der Waals surface area contributed by atoms with Crippen molar-refractivity contribution in [3.63, 3.8) is 0 Å². The van der Waals surface area contributed by atoms with Gasteiger partial charge in [-0.3, -0.25) is 4.79 Å². The van der Waals surface area contributed by atoms with Gasteiger partial charge in [-0.2, -0.15) is 0 Å². The molecule has 102 valence electrons. The van der Waals surface area contributed by atoms with Gasteiger partial charge in [-0.05, 0) is 36.6 Å². The van der Waals surface area contributed by atoms with Gasteiger partial charge in [0.2, 0.25) is 15.9 Å². The maximum absolute atomic E-state index is 13.9. The number of hydrogen-bond donors (Lipinski definition) is 1. The Morgan fingerprint density at radius 2 is 2.05 bits per heavy atom. The maximum atomic E-state index is 13.9. The van der Waals surface area contributed by atoms with Crippen molar-refractivity contribution in [2.75, 3.05) is 0 Å². The molecule has 0 heterocycles. The predicted octanol–water partition coefficient (Wildman–Crippen LogP) is 1.59. The molecule has 1 aromatic rings. The zero-order valence-corrected chi connectivity index (χ0v) is 11.0. The molecular formula is C10H11FN4O3S. The normalized spacial score (nSPS) is 11.8. The molecule has 0 aliphatic rings. The highest BCUT2D eigenvalue weighted by atomic mass is 32.2. The molecule has 0 aliphatic heterocycles. The van der Waals surface area contributed by atoms with Crippen LogP contribution in [-0.2, 0) is 20.2 Å². The van der Waals surface area contributed by atoms with Crippen LogP contribution in [0, 0.1) is 5.82 Å². The second-order valence-corrected chi connectivity index (χ2v) is 5.87. The van der Waals surface area contributed by atoms with Gasteiger partial charge >= 0.3 is 0 Å². The molecule has 2 N–H and O–H groups in total. The van der Waals surface area contributed by atoms with Crippen molar-refractivity contribution in [3.8, 4) is 0 Å². The van der Waals surface area contributed by atoms with Crippen LogP contribution >= 0.6 is 0 Å². The lowest BCUT2D eigenvalue weighted by atomic mass is 9.83. The van der Waals surface area contributed by atoms with Gasteiger partial charge in [0, 0.05) is 10.5 Å². The summed E-state index contributed by atoms with van der Waals surface area (Å²) >= 11 is 0. The first-order valence-corrected chi connectivity index (χ1v) is 6.57. The van der Waals surface area contributed by atoms with Gasteiger partial charge in [-0.1, -0.05) is 6.07 Å². The highest BCUT2D eigenvalue weighted by Crippen LogP contribution is 2.28. The Kier molecular flexibility index (Phi) is 3.94. The molecule has 1 aromatic carbocycles. The number of carbonyl (C=O) groups is 1. The van der Waals surface area contributed by atoms with Crippen LogP contribution in [0.1, 0.15) is 19.4 Å². The summed E-state index contributed by atoms with van der Waals surface area (Å²) in [5.41, 5.74) is 6.72. The van der Waals surface area contributed by atoms with E-state index < -0.39 is 32.1 Å². The van der Waals surface area contributed by atoms with Gasteiger partial charge in [0.05, 0.1) is 10.3 Å². The van der Waals surface area contributed by atoms with Crippen LogP contribution in [0.4, 0.5) is 4.39 Å². The van der Waals surface area contributed by atoms with Gasteiger partial charge in [0.15, 0.2) is 0 Å². The van der Waals surface area contributed by atoms with Crippen LogP contribution in [0.25, 0.3) is 10.4 Å². The van der Waals surface area contributed by atoms with E-state index in [4.69, 9.17) is 10.7 Å². The molecule has 7 nitrogen and oxygen atoms in total. The van der Waals surface area contributed by atoms with Crippen molar-refractivity contribution in [2.24, 2.45) is 10.3 Å². The molecule has 1 rings (SSSR count). The molecule has 0 unspecified atom stereocenters. The number of hydrogen-bond acceptors (Lipinski definition) is 3. The minimum absolute atomic E-state index is 0.0858. The Labute approximate surface area is 108 Å². The minimum Gasteiger partial charge on any atom is -0.292 e. The van der Waals surface area contributed by atoms with Gasteiger partial charge in [0.25, 0.3) is 0 Å². The largest absolute Gasteiger partial charge is 0.292 e. The molecule has 9 heteroatoms. The number of nitrogens with two attached hydrogens (primary N) is 1. The molecular weight excluding hydrogens is 275 g/mol. The Bertz CT molecular complexity index is 678. The summed E-state index contributed by atoms with van der Waals surface area (Å²) in [6, 6.07) is 2.93. The second kappa shape index (κ2) is 4.96. The molecule has 0 aliphatic carbocycles. The van der Waals surface area contributed by atoms with E-state index in [1.807, 2.05) is 0 Å². The number of amides is 1. The van der Waals surface area contributed by atoms with Crippen molar-refractivity contribution in [3.05, 3.63) is 40.0 Å².